The van der Waals surface area contributed by atoms with E-state index in [4.69, 9.17) is 0 Å². The monoisotopic (exact) mass is 263 g/mol. The first-order chi connectivity index (χ1) is 9.06. The Morgan fingerprint density at radius 2 is 2.21 bits per heavy atom. The van der Waals surface area contributed by atoms with E-state index in [1.807, 2.05) is 0 Å². The van der Waals surface area contributed by atoms with E-state index in [0.717, 1.165) is 12.8 Å². The van der Waals surface area contributed by atoms with Gasteiger partial charge in [-0.3, -0.25) is 14.9 Å². The van der Waals surface area contributed by atoms with Crippen LogP contribution in [0.2, 0.25) is 0 Å². The topological polar surface area (TPSA) is 84.3 Å². The zero-order chi connectivity index (χ0) is 13.8. The molecule has 19 heavy (non-hydrogen) atoms. The van der Waals surface area contributed by atoms with Crippen LogP contribution in [-0.2, 0) is 4.79 Å². The Bertz CT molecular complexity index is 498. The van der Waals surface area contributed by atoms with E-state index < -0.39 is 4.92 Å². The minimum absolute atomic E-state index is 0.0246. The minimum atomic E-state index is -0.402. The zero-order valence-corrected chi connectivity index (χ0v) is 10.8. The van der Waals surface area contributed by atoms with E-state index in [0.29, 0.717) is 30.3 Å². The second-order valence-corrected chi connectivity index (χ2v) is 4.78. The number of nitrogens with zero attached hydrogens (tertiary/aromatic N) is 1. The molecule has 1 aliphatic carbocycles. The highest BCUT2D eigenvalue weighted by molar-refractivity contribution is 5.77. The summed E-state index contributed by atoms with van der Waals surface area (Å²) in [6.45, 7) is 2.17. The lowest BCUT2D eigenvalue weighted by Gasteiger charge is -2.07. The van der Waals surface area contributed by atoms with Crippen LogP contribution in [-0.4, -0.2) is 23.4 Å². The standard InChI is InChI=1S/C13H17N3O3/c1-9-2-3-11(8-12(9)16(18)19)14-7-6-13(17)15-10-4-5-10/h2-3,8,10,14H,4-7H2,1H3,(H,15,17). The fraction of sp³-hybridized carbons (Fsp3) is 0.462. The molecular formula is C13H17N3O3. The number of hydrogen-bond acceptors (Lipinski definition) is 4. The number of aryl methyl sites for hydroxylation is 1. The van der Waals surface area contributed by atoms with Crippen molar-refractivity contribution in [3.63, 3.8) is 0 Å². The van der Waals surface area contributed by atoms with Crippen LogP contribution in [0.15, 0.2) is 18.2 Å². The molecule has 1 fully saturated rings. The number of carbonyl (C=O) groups excluding carboxylic acids is 1. The Kier molecular flexibility index (Phi) is 3.99. The lowest BCUT2D eigenvalue weighted by Crippen LogP contribution is -2.27. The third kappa shape index (κ3) is 3.94. The summed E-state index contributed by atoms with van der Waals surface area (Å²) in [5.74, 6) is 0.0246. The van der Waals surface area contributed by atoms with Gasteiger partial charge in [0.25, 0.3) is 5.69 Å². The highest BCUT2D eigenvalue weighted by atomic mass is 16.6. The first-order valence-corrected chi connectivity index (χ1v) is 6.34. The van der Waals surface area contributed by atoms with Crippen molar-refractivity contribution in [3.8, 4) is 0 Å². The van der Waals surface area contributed by atoms with E-state index in [2.05, 4.69) is 10.6 Å². The van der Waals surface area contributed by atoms with Crippen molar-refractivity contribution in [2.24, 2.45) is 0 Å². The van der Waals surface area contributed by atoms with E-state index in [1.54, 1.807) is 19.1 Å². The van der Waals surface area contributed by atoms with Crippen molar-refractivity contribution in [2.75, 3.05) is 11.9 Å². The highest BCUT2D eigenvalue weighted by Crippen LogP contribution is 2.22. The van der Waals surface area contributed by atoms with Crippen molar-refractivity contribution in [2.45, 2.75) is 32.2 Å². The Morgan fingerprint density at radius 1 is 1.47 bits per heavy atom. The summed E-state index contributed by atoms with van der Waals surface area (Å²) in [4.78, 5) is 21.8. The van der Waals surface area contributed by atoms with Gasteiger partial charge in [0.2, 0.25) is 5.91 Å². The third-order valence-corrected chi connectivity index (χ3v) is 3.03. The fourth-order valence-electron chi connectivity index (χ4n) is 1.76. The quantitative estimate of drug-likeness (QED) is 0.607. The van der Waals surface area contributed by atoms with Crippen molar-refractivity contribution in [1.82, 2.24) is 5.32 Å². The Balaban J connectivity index is 1.83. The first-order valence-electron chi connectivity index (χ1n) is 6.34. The van der Waals surface area contributed by atoms with Gasteiger partial charge < -0.3 is 10.6 Å². The summed E-state index contributed by atoms with van der Waals surface area (Å²) >= 11 is 0. The van der Waals surface area contributed by atoms with E-state index in [9.17, 15) is 14.9 Å². The summed E-state index contributed by atoms with van der Waals surface area (Å²) < 4.78 is 0. The van der Waals surface area contributed by atoms with Crippen LogP contribution in [0, 0.1) is 17.0 Å². The van der Waals surface area contributed by atoms with Gasteiger partial charge in [0.15, 0.2) is 0 Å². The van der Waals surface area contributed by atoms with Crippen molar-refractivity contribution < 1.29 is 9.72 Å². The Labute approximate surface area is 111 Å². The normalized spacial score (nSPS) is 13.9. The molecule has 0 atom stereocenters. The van der Waals surface area contributed by atoms with Gasteiger partial charge >= 0.3 is 0 Å². The molecule has 1 aromatic rings. The maximum absolute atomic E-state index is 11.5. The van der Waals surface area contributed by atoms with Crippen LogP contribution in [0.3, 0.4) is 0 Å². The van der Waals surface area contributed by atoms with E-state index >= 15 is 0 Å². The highest BCUT2D eigenvalue weighted by Gasteiger charge is 2.22. The number of nitrogens with one attached hydrogen (secondary N) is 2. The fourth-order valence-corrected chi connectivity index (χ4v) is 1.76. The molecule has 0 aromatic heterocycles. The van der Waals surface area contributed by atoms with Gasteiger partial charge in [0.1, 0.15) is 0 Å². The molecule has 0 unspecified atom stereocenters. The maximum Gasteiger partial charge on any atom is 0.274 e. The van der Waals surface area contributed by atoms with Gasteiger partial charge in [-0.25, -0.2) is 0 Å². The molecule has 1 aliphatic rings. The van der Waals surface area contributed by atoms with Crippen LogP contribution >= 0.6 is 0 Å². The maximum atomic E-state index is 11.5. The van der Waals surface area contributed by atoms with Gasteiger partial charge in [-0.1, -0.05) is 6.07 Å². The summed E-state index contributed by atoms with van der Waals surface area (Å²) in [7, 11) is 0. The van der Waals surface area contributed by atoms with Crippen LogP contribution in [0.4, 0.5) is 11.4 Å². The van der Waals surface area contributed by atoms with Crippen molar-refractivity contribution >= 4 is 17.3 Å². The molecule has 6 nitrogen and oxygen atoms in total. The average molecular weight is 263 g/mol. The number of anilines is 1. The molecule has 0 saturated heterocycles. The SMILES string of the molecule is Cc1ccc(NCCC(=O)NC2CC2)cc1[N+](=O)[O-]. The third-order valence-electron chi connectivity index (χ3n) is 3.03. The van der Waals surface area contributed by atoms with Crippen LogP contribution < -0.4 is 10.6 Å². The predicted octanol–water partition coefficient (Wildman–Crippen LogP) is 1.98. The second kappa shape index (κ2) is 5.69. The zero-order valence-electron chi connectivity index (χ0n) is 10.8. The second-order valence-electron chi connectivity index (χ2n) is 4.78. The van der Waals surface area contributed by atoms with Crippen molar-refractivity contribution in [1.29, 1.82) is 0 Å². The number of rotatable bonds is 6. The van der Waals surface area contributed by atoms with Gasteiger partial charge in [0.05, 0.1) is 4.92 Å². The van der Waals surface area contributed by atoms with Gasteiger partial charge in [-0.05, 0) is 25.8 Å². The number of nitro benzene ring substituents is 1. The summed E-state index contributed by atoms with van der Waals surface area (Å²) in [6.07, 6.45) is 2.52. The molecule has 0 heterocycles. The number of amides is 1. The molecule has 0 bridgehead atoms. The molecule has 0 spiro atoms. The van der Waals surface area contributed by atoms with Gasteiger partial charge in [-0.15, -0.1) is 0 Å². The van der Waals surface area contributed by atoms with Gasteiger partial charge in [-0.2, -0.15) is 0 Å². The predicted molar refractivity (Wildman–Crippen MR) is 72.1 cm³/mol. The Hall–Kier alpha value is -2.11. The smallest absolute Gasteiger partial charge is 0.274 e. The summed E-state index contributed by atoms with van der Waals surface area (Å²) in [5, 5.41) is 16.7. The van der Waals surface area contributed by atoms with Crippen LogP contribution in [0.5, 0.6) is 0 Å². The molecule has 1 aromatic carbocycles. The minimum Gasteiger partial charge on any atom is -0.384 e. The number of hydrogen-bond donors (Lipinski definition) is 2. The number of benzene rings is 1. The molecule has 1 saturated carbocycles. The Morgan fingerprint density at radius 3 is 2.84 bits per heavy atom. The molecule has 0 aliphatic heterocycles. The summed E-state index contributed by atoms with van der Waals surface area (Å²) in [6, 6.07) is 5.34. The molecule has 0 radical (unpaired) electrons. The lowest BCUT2D eigenvalue weighted by molar-refractivity contribution is -0.385. The van der Waals surface area contributed by atoms with Crippen molar-refractivity contribution in [3.05, 3.63) is 33.9 Å². The summed E-state index contributed by atoms with van der Waals surface area (Å²) in [5.41, 5.74) is 1.38. The number of carbonyl (C=O) groups is 1. The first kappa shape index (κ1) is 13.3. The number of nitro groups is 1. The molecule has 2 rings (SSSR count). The van der Waals surface area contributed by atoms with Crippen LogP contribution in [0.25, 0.3) is 0 Å². The molecule has 102 valence electrons. The largest absolute Gasteiger partial charge is 0.384 e. The molecule has 1 amide bonds. The average Bonchev–Trinajstić information content (AvgIpc) is 3.14. The molecule has 6 heteroatoms. The van der Waals surface area contributed by atoms with E-state index in [1.165, 1.54) is 6.07 Å². The molecule has 2 N–H and O–H groups in total. The lowest BCUT2D eigenvalue weighted by atomic mass is 10.2. The van der Waals surface area contributed by atoms with Gasteiger partial charge in [0, 0.05) is 36.3 Å². The van der Waals surface area contributed by atoms with E-state index in [-0.39, 0.29) is 11.6 Å². The molecular weight excluding hydrogens is 246 g/mol. The van der Waals surface area contributed by atoms with Crippen LogP contribution in [0.1, 0.15) is 24.8 Å².